The normalized spacial score (nSPS) is 21.0. The van der Waals surface area contributed by atoms with Gasteiger partial charge < -0.3 is 14.2 Å². The molecule has 1 aromatic carbocycles. The van der Waals surface area contributed by atoms with E-state index in [2.05, 4.69) is 0 Å². The summed E-state index contributed by atoms with van der Waals surface area (Å²) in [6.45, 7) is 3.91. The molecule has 2 fully saturated rings. The van der Waals surface area contributed by atoms with Crippen LogP contribution in [0.15, 0.2) is 27.4 Å². The lowest BCUT2D eigenvalue weighted by atomic mass is 10.0. The Labute approximate surface area is 151 Å². The Kier molecular flexibility index (Phi) is 4.30. The highest BCUT2D eigenvalue weighted by Gasteiger charge is 2.33. The predicted octanol–water partition coefficient (Wildman–Crippen LogP) is 1.52. The molecule has 2 aliphatic rings. The first-order valence-electron chi connectivity index (χ1n) is 9.20. The van der Waals surface area contributed by atoms with E-state index in [4.69, 9.17) is 4.42 Å². The van der Waals surface area contributed by atoms with Gasteiger partial charge in [0.2, 0.25) is 11.8 Å². The first-order valence-corrected chi connectivity index (χ1v) is 9.20. The molecule has 1 aromatic heterocycles. The number of hydrogen-bond acceptors (Lipinski definition) is 4. The summed E-state index contributed by atoms with van der Waals surface area (Å²) in [7, 11) is 0. The van der Waals surface area contributed by atoms with Gasteiger partial charge in [0, 0.05) is 32.1 Å². The summed E-state index contributed by atoms with van der Waals surface area (Å²) in [4.78, 5) is 40.7. The van der Waals surface area contributed by atoms with Crippen molar-refractivity contribution >= 4 is 22.9 Å². The van der Waals surface area contributed by atoms with Gasteiger partial charge in [0.15, 0.2) is 5.58 Å². The molecule has 0 aliphatic carbocycles. The molecule has 0 radical (unpaired) electrons. The Balaban J connectivity index is 1.51. The van der Waals surface area contributed by atoms with E-state index < -0.39 is 5.76 Å². The maximum absolute atomic E-state index is 12.8. The average molecular weight is 357 g/mol. The number of piperidine rings is 1. The molecular weight excluding hydrogens is 334 g/mol. The fourth-order valence-electron chi connectivity index (χ4n) is 4.05. The Morgan fingerprint density at radius 2 is 2.08 bits per heavy atom. The number of likely N-dealkylation sites (tertiary alicyclic amines) is 2. The molecule has 2 aliphatic heterocycles. The number of hydrogen-bond donors (Lipinski definition) is 0. The largest absolute Gasteiger partial charge is 0.420 e. The lowest BCUT2D eigenvalue weighted by Crippen LogP contribution is -2.51. The van der Waals surface area contributed by atoms with E-state index in [0.717, 1.165) is 31.4 Å². The number of fused-ring (bicyclic) bond motifs is 1. The van der Waals surface area contributed by atoms with Crippen LogP contribution in [0.3, 0.4) is 0 Å². The summed E-state index contributed by atoms with van der Waals surface area (Å²) in [5, 5.41) is 0. The Morgan fingerprint density at radius 3 is 2.85 bits per heavy atom. The summed E-state index contributed by atoms with van der Waals surface area (Å²) < 4.78 is 6.64. The minimum atomic E-state index is -0.512. The molecule has 0 N–H and O–H groups in total. The van der Waals surface area contributed by atoms with Gasteiger partial charge in [0.1, 0.15) is 6.54 Å². The van der Waals surface area contributed by atoms with Gasteiger partial charge in [-0.1, -0.05) is 6.07 Å². The summed E-state index contributed by atoms with van der Waals surface area (Å²) >= 11 is 0. The summed E-state index contributed by atoms with van der Waals surface area (Å²) in [6.07, 6.45) is 3.32. The van der Waals surface area contributed by atoms with Gasteiger partial charge >= 0.3 is 5.76 Å². The van der Waals surface area contributed by atoms with E-state index in [0.29, 0.717) is 30.6 Å². The number of benzene rings is 1. The van der Waals surface area contributed by atoms with E-state index in [9.17, 15) is 14.4 Å². The van der Waals surface area contributed by atoms with Crippen LogP contribution in [0.4, 0.5) is 0 Å². The molecule has 2 aromatic rings. The van der Waals surface area contributed by atoms with Crippen LogP contribution in [0.2, 0.25) is 0 Å². The fourth-order valence-corrected chi connectivity index (χ4v) is 4.05. The van der Waals surface area contributed by atoms with E-state index in [1.54, 1.807) is 11.0 Å². The van der Waals surface area contributed by atoms with E-state index in [-0.39, 0.29) is 24.4 Å². The van der Waals surface area contributed by atoms with Crippen LogP contribution in [-0.2, 0) is 16.1 Å². The number of aryl methyl sites for hydroxylation is 1. The third-order valence-corrected chi connectivity index (χ3v) is 5.42. The first-order chi connectivity index (χ1) is 12.5. The van der Waals surface area contributed by atoms with Gasteiger partial charge in [0.25, 0.3) is 0 Å². The predicted molar refractivity (Wildman–Crippen MR) is 95.8 cm³/mol. The number of carbonyl (C=O) groups is 2. The monoisotopic (exact) mass is 357 g/mol. The lowest BCUT2D eigenvalue weighted by molar-refractivity contribution is -0.137. The maximum Gasteiger partial charge on any atom is 0.420 e. The molecule has 1 atom stereocenters. The van der Waals surface area contributed by atoms with E-state index in [1.165, 1.54) is 4.57 Å². The summed E-state index contributed by atoms with van der Waals surface area (Å²) in [6, 6.07) is 5.58. The molecule has 138 valence electrons. The second kappa shape index (κ2) is 6.63. The topological polar surface area (TPSA) is 75.8 Å². The van der Waals surface area contributed by atoms with Crippen molar-refractivity contribution in [3.63, 3.8) is 0 Å². The zero-order valence-electron chi connectivity index (χ0n) is 14.9. The van der Waals surface area contributed by atoms with Crippen molar-refractivity contribution in [3.05, 3.63) is 34.3 Å². The van der Waals surface area contributed by atoms with Crippen LogP contribution in [0.25, 0.3) is 11.1 Å². The Bertz CT molecular complexity index is 913. The number of rotatable bonds is 3. The zero-order valence-corrected chi connectivity index (χ0v) is 14.9. The van der Waals surface area contributed by atoms with Crippen LogP contribution < -0.4 is 5.76 Å². The average Bonchev–Trinajstić information content (AvgIpc) is 3.19. The molecule has 1 unspecified atom stereocenters. The van der Waals surface area contributed by atoms with Crippen molar-refractivity contribution in [2.75, 3.05) is 19.6 Å². The minimum absolute atomic E-state index is 0.0318. The smallest absolute Gasteiger partial charge is 0.408 e. The summed E-state index contributed by atoms with van der Waals surface area (Å²) in [5.41, 5.74) is 2.14. The van der Waals surface area contributed by atoms with E-state index in [1.807, 2.05) is 24.0 Å². The second-order valence-electron chi connectivity index (χ2n) is 7.25. The van der Waals surface area contributed by atoms with Crippen molar-refractivity contribution in [1.29, 1.82) is 0 Å². The molecule has 7 nitrogen and oxygen atoms in total. The maximum atomic E-state index is 12.8. The third kappa shape index (κ3) is 3.02. The van der Waals surface area contributed by atoms with Crippen molar-refractivity contribution in [2.45, 2.75) is 45.2 Å². The van der Waals surface area contributed by atoms with E-state index >= 15 is 0 Å². The van der Waals surface area contributed by atoms with Gasteiger partial charge in [-0.3, -0.25) is 14.2 Å². The van der Waals surface area contributed by atoms with Crippen LogP contribution in [0, 0.1) is 6.92 Å². The molecule has 2 amide bonds. The molecule has 4 rings (SSSR count). The number of oxazole rings is 1. The second-order valence-corrected chi connectivity index (χ2v) is 7.25. The van der Waals surface area contributed by atoms with Crippen LogP contribution in [0.1, 0.15) is 31.2 Å². The quantitative estimate of drug-likeness (QED) is 0.835. The first kappa shape index (κ1) is 16.9. The molecule has 0 spiro atoms. The molecular formula is C19H23N3O4. The SMILES string of the molecule is Cc1ccc2oc(=O)n(CC(=O)N3CCCC(N4CCCC4=O)C3)c2c1. The Morgan fingerprint density at radius 1 is 1.23 bits per heavy atom. The molecule has 3 heterocycles. The minimum Gasteiger partial charge on any atom is -0.408 e. The van der Waals surface area contributed by atoms with Crippen LogP contribution >= 0.6 is 0 Å². The molecule has 0 bridgehead atoms. The van der Waals surface area contributed by atoms with Crippen molar-refractivity contribution in [2.24, 2.45) is 0 Å². The van der Waals surface area contributed by atoms with Crippen molar-refractivity contribution in [3.8, 4) is 0 Å². The fraction of sp³-hybridized carbons (Fsp3) is 0.526. The lowest BCUT2D eigenvalue weighted by Gasteiger charge is -2.37. The molecule has 26 heavy (non-hydrogen) atoms. The van der Waals surface area contributed by atoms with Crippen LogP contribution in [0.5, 0.6) is 0 Å². The number of aromatic nitrogens is 1. The number of amides is 2. The highest BCUT2D eigenvalue weighted by Crippen LogP contribution is 2.22. The van der Waals surface area contributed by atoms with Crippen LogP contribution in [-0.4, -0.2) is 51.9 Å². The standard InChI is InChI=1S/C19H23N3O4/c1-13-6-7-16-15(10-13)22(19(25)26-16)12-18(24)20-8-2-4-14(11-20)21-9-3-5-17(21)23/h6-7,10,14H,2-5,8-9,11-12H2,1H3. The zero-order chi connectivity index (χ0) is 18.3. The highest BCUT2D eigenvalue weighted by molar-refractivity contribution is 5.81. The molecule has 7 heteroatoms. The highest BCUT2D eigenvalue weighted by atomic mass is 16.4. The van der Waals surface area contributed by atoms with Gasteiger partial charge in [-0.2, -0.15) is 0 Å². The summed E-state index contributed by atoms with van der Waals surface area (Å²) in [5.74, 6) is -0.424. The van der Waals surface area contributed by atoms with Crippen molar-refractivity contribution < 1.29 is 14.0 Å². The van der Waals surface area contributed by atoms with Gasteiger partial charge in [-0.15, -0.1) is 0 Å². The number of carbonyl (C=O) groups excluding carboxylic acids is 2. The molecule has 2 saturated heterocycles. The van der Waals surface area contributed by atoms with Gasteiger partial charge in [-0.25, -0.2) is 4.79 Å². The van der Waals surface area contributed by atoms with Gasteiger partial charge in [0.05, 0.1) is 5.52 Å². The van der Waals surface area contributed by atoms with Gasteiger partial charge in [-0.05, 0) is 43.9 Å². The number of nitrogens with zero attached hydrogens (tertiary/aromatic N) is 3. The molecule has 0 saturated carbocycles. The van der Waals surface area contributed by atoms with Crippen molar-refractivity contribution in [1.82, 2.24) is 14.4 Å². The third-order valence-electron chi connectivity index (χ3n) is 5.42. The Hall–Kier alpha value is -2.57.